The number of rotatable bonds is 7. The van der Waals surface area contributed by atoms with Gasteiger partial charge in [-0.25, -0.2) is 4.79 Å². The fourth-order valence-electron chi connectivity index (χ4n) is 2.63. The molecule has 158 valence electrons. The van der Waals surface area contributed by atoms with Gasteiger partial charge in [0.1, 0.15) is 24.1 Å². The van der Waals surface area contributed by atoms with Gasteiger partial charge in [-0.1, -0.05) is 0 Å². The standard InChI is InChI=1S/C16H25N2O9P/c1-2-17-16(22)18-9-3-5-10(6-4-9)26-15-14(21)13(20)12(19)11(27-15)7-8-28(23,24)25/h3-6,11-15,19-21H,2,7-8H2,1H3,(H2,17,18,22)(H2,23,24,25)/t11-,12-,13+,14+,15+/m1/s1. The molecule has 0 aromatic heterocycles. The molecule has 1 heterocycles. The van der Waals surface area contributed by atoms with Crippen molar-refractivity contribution in [3.63, 3.8) is 0 Å². The highest BCUT2D eigenvalue weighted by atomic mass is 31.2. The van der Waals surface area contributed by atoms with E-state index in [1.165, 1.54) is 12.1 Å². The molecule has 28 heavy (non-hydrogen) atoms. The fraction of sp³-hybridized carbons (Fsp3) is 0.562. The summed E-state index contributed by atoms with van der Waals surface area (Å²) in [5.41, 5.74) is 0.499. The first kappa shape index (κ1) is 22.6. The molecular formula is C16H25N2O9P. The highest BCUT2D eigenvalue weighted by Gasteiger charge is 2.45. The van der Waals surface area contributed by atoms with Crippen LogP contribution in [-0.2, 0) is 9.30 Å². The molecule has 1 aromatic carbocycles. The van der Waals surface area contributed by atoms with Crippen LogP contribution in [0.1, 0.15) is 13.3 Å². The van der Waals surface area contributed by atoms with E-state index in [4.69, 9.17) is 19.3 Å². The van der Waals surface area contributed by atoms with E-state index in [-0.39, 0.29) is 18.2 Å². The summed E-state index contributed by atoms with van der Waals surface area (Å²) in [6.45, 7) is 2.26. The van der Waals surface area contributed by atoms with Crippen LogP contribution in [0.2, 0.25) is 0 Å². The topological polar surface area (TPSA) is 178 Å². The van der Waals surface area contributed by atoms with Crippen molar-refractivity contribution < 1.29 is 43.9 Å². The van der Waals surface area contributed by atoms with Crippen molar-refractivity contribution in [3.8, 4) is 5.75 Å². The maximum atomic E-state index is 11.5. The van der Waals surface area contributed by atoms with Crippen molar-refractivity contribution in [2.24, 2.45) is 0 Å². The van der Waals surface area contributed by atoms with Crippen molar-refractivity contribution in [2.45, 2.75) is 44.1 Å². The molecule has 1 aromatic rings. The van der Waals surface area contributed by atoms with Crippen LogP contribution < -0.4 is 15.4 Å². The molecule has 1 fully saturated rings. The third-order valence-corrected chi connectivity index (χ3v) is 4.92. The molecule has 11 nitrogen and oxygen atoms in total. The maximum absolute atomic E-state index is 11.5. The lowest BCUT2D eigenvalue weighted by Crippen LogP contribution is -2.59. The molecule has 0 bridgehead atoms. The smallest absolute Gasteiger partial charge is 0.325 e. The Hall–Kier alpha value is -1.72. The van der Waals surface area contributed by atoms with Gasteiger partial charge in [-0.2, -0.15) is 0 Å². The summed E-state index contributed by atoms with van der Waals surface area (Å²) in [6, 6.07) is 5.73. The number of ether oxygens (including phenoxy) is 2. The number of aliphatic hydroxyl groups excluding tert-OH is 3. The lowest BCUT2D eigenvalue weighted by atomic mass is 9.97. The first-order chi connectivity index (χ1) is 13.1. The van der Waals surface area contributed by atoms with Crippen molar-refractivity contribution in [1.29, 1.82) is 0 Å². The summed E-state index contributed by atoms with van der Waals surface area (Å²) < 4.78 is 21.9. The van der Waals surface area contributed by atoms with Crippen LogP contribution in [0.5, 0.6) is 5.75 Å². The van der Waals surface area contributed by atoms with Crippen molar-refractivity contribution >= 4 is 19.3 Å². The largest absolute Gasteiger partial charge is 0.462 e. The van der Waals surface area contributed by atoms with Gasteiger partial charge < -0.3 is 45.2 Å². The molecule has 1 saturated heterocycles. The number of hydrogen-bond donors (Lipinski definition) is 7. The zero-order chi connectivity index (χ0) is 20.9. The van der Waals surface area contributed by atoms with E-state index in [9.17, 15) is 24.7 Å². The Morgan fingerprint density at radius 2 is 1.79 bits per heavy atom. The fourth-order valence-corrected chi connectivity index (χ4v) is 3.23. The zero-order valence-corrected chi connectivity index (χ0v) is 16.0. The second kappa shape index (κ2) is 9.66. The summed E-state index contributed by atoms with van der Waals surface area (Å²) in [5, 5.41) is 35.2. The Balaban J connectivity index is 2.00. The molecule has 0 aliphatic carbocycles. The van der Waals surface area contributed by atoms with Gasteiger partial charge in [0.2, 0.25) is 6.29 Å². The minimum absolute atomic E-state index is 0.232. The number of anilines is 1. The second-order valence-corrected chi connectivity index (χ2v) is 8.09. The monoisotopic (exact) mass is 420 g/mol. The van der Waals surface area contributed by atoms with Crippen molar-refractivity contribution in [1.82, 2.24) is 5.32 Å². The Morgan fingerprint density at radius 3 is 2.36 bits per heavy atom. The van der Waals surface area contributed by atoms with Crippen LogP contribution in [-0.4, -0.2) is 74.6 Å². The van der Waals surface area contributed by atoms with Crippen molar-refractivity contribution in [2.75, 3.05) is 18.0 Å². The number of hydrogen-bond acceptors (Lipinski definition) is 7. The molecule has 0 spiro atoms. The van der Waals surface area contributed by atoms with E-state index in [0.717, 1.165) is 0 Å². The second-order valence-electron chi connectivity index (χ2n) is 6.32. The molecule has 0 saturated carbocycles. The Labute approximate surface area is 161 Å². The molecule has 0 unspecified atom stereocenters. The van der Waals surface area contributed by atoms with Crippen LogP contribution >= 0.6 is 7.60 Å². The molecule has 1 aliphatic rings. The molecule has 2 rings (SSSR count). The average Bonchev–Trinajstić information content (AvgIpc) is 2.62. The number of benzene rings is 1. The zero-order valence-electron chi connectivity index (χ0n) is 15.1. The quantitative estimate of drug-likeness (QED) is 0.289. The van der Waals surface area contributed by atoms with Crippen LogP contribution in [0.3, 0.4) is 0 Å². The first-order valence-electron chi connectivity index (χ1n) is 8.66. The van der Waals surface area contributed by atoms with E-state index in [1.807, 2.05) is 0 Å². The van der Waals surface area contributed by atoms with E-state index >= 15 is 0 Å². The van der Waals surface area contributed by atoms with Gasteiger partial charge in [0, 0.05) is 12.2 Å². The lowest BCUT2D eigenvalue weighted by molar-refractivity contribution is -0.272. The van der Waals surface area contributed by atoms with Crippen LogP contribution in [0, 0.1) is 0 Å². The molecule has 1 aliphatic heterocycles. The van der Waals surface area contributed by atoms with Gasteiger partial charge in [-0.05, 0) is 37.6 Å². The van der Waals surface area contributed by atoms with E-state index in [0.29, 0.717) is 12.2 Å². The van der Waals surface area contributed by atoms with Gasteiger partial charge in [0.15, 0.2) is 0 Å². The molecule has 12 heteroatoms. The lowest BCUT2D eigenvalue weighted by Gasteiger charge is -2.40. The average molecular weight is 420 g/mol. The number of carbonyl (C=O) groups excluding carboxylic acids is 1. The molecule has 5 atom stereocenters. The van der Waals surface area contributed by atoms with E-state index in [2.05, 4.69) is 10.6 Å². The third kappa shape index (κ3) is 6.42. The highest BCUT2D eigenvalue weighted by molar-refractivity contribution is 7.51. The van der Waals surface area contributed by atoms with Gasteiger partial charge in [0.05, 0.1) is 12.3 Å². The molecular weight excluding hydrogens is 395 g/mol. The summed E-state index contributed by atoms with van der Waals surface area (Å²) in [6.07, 6.45) is -7.98. The number of aliphatic hydroxyl groups is 3. The summed E-state index contributed by atoms with van der Waals surface area (Å²) in [4.78, 5) is 29.4. The van der Waals surface area contributed by atoms with Gasteiger partial charge in [0.25, 0.3) is 0 Å². The minimum Gasteiger partial charge on any atom is -0.462 e. The SMILES string of the molecule is CCNC(=O)Nc1ccc(O[C@H]2O[C@H](CCP(=O)(O)O)[C@@H](O)[C@H](O)[C@@H]2O)cc1. The summed E-state index contributed by atoms with van der Waals surface area (Å²) >= 11 is 0. The predicted molar refractivity (Wildman–Crippen MR) is 98.0 cm³/mol. The van der Waals surface area contributed by atoms with Crippen LogP contribution in [0.15, 0.2) is 24.3 Å². The highest BCUT2D eigenvalue weighted by Crippen LogP contribution is 2.37. The molecule has 2 amide bonds. The van der Waals surface area contributed by atoms with Gasteiger partial charge in [-0.15, -0.1) is 0 Å². The number of urea groups is 1. The Bertz CT molecular complexity index is 696. The van der Waals surface area contributed by atoms with E-state index in [1.54, 1.807) is 19.1 Å². The maximum Gasteiger partial charge on any atom is 0.325 e. The number of amides is 2. The minimum atomic E-state index is -4.32. The normalized spacial score (nSPS) is 27.9. The van der Waals surface area contributed by atoms with Crippen molar-refractivity contribution in [3.05, 3.63) is 24.3 Å². The Morgan fingerprint density at radius 1 is 1.14 bits per heavy atom. The van der Waals surface area contributed by atoms with Crippen LogP contribution in [0.4, 0.5) is 10.5 Å². The summed E-state index contributed by atoms with van der Waals surface area (Å²) in [7, 11) is -4.32. The predicted octanol–water partition coefficient (Wildman–Crippen LogP) is -0.418. The molecule has 0 radical (unpaired) electrons. The molecule has 7 N–H and O–H groups in total. The number of nitrogens with one attached hydrogen (secondary N) is 2. The Kier molecular flexibility index (Phi) is 7.79. The number of carbonyl (C=O) groups is 1. The first-order valence-corrected chi connectivity index (χ1v) is 10.5. The summed E-state index contributed by atoms with van der Waals surface area (Å²) in [5.74, 6) is 0.253. The third-order valence-electron chi connectivity index (χ3n) is 4.08. The van der Waals surface area contributed by atoms with E-state index < -0.39 is 44.5 Å². The van der Waals surface area contributed by atoms with Gasteiger partial charge >= 0.3 is 13.6 Å². The van der Waals surface area contributed by atoms with Crippen LogP contribution in [0.25, 0.3) is 0 Å². The van der Waals surface area contributed by atoms with Gasteiger partial charge in [-0.3, -0.25) is 4.57 Å².